The van der Waals surface area contributed by atoms with E-state index in [1.165, 1.54) is 76.2 Å². The molecule has 140 valence electrons. The summed E-state index contributed by atoms with van der Waals surface area (Å²) in [5.74, 6) is -0.340. The van der Waals surface area contributed by atoms with Gasteiger partial charge in [-0.3, -0.25) is 4.79 Å². The minimum atomic E-state index is -0.665. The molecule has 0 aromatic rings. The van der Waals surface area contributed by atoms with Crippen LogP contribution in [0, 0.1) is 5.92 Å². The number of hydrogen-bond donors (Lipinski definition) is 1. The zero-order valence-corrected chi connectivity index (χ0v) is 16.4. The average Bonchev–Trinajstić information content (AvgIpc) is 2.52. The molecule has 0 spiro atoms. The number of allylic oxidation sites excluding steroid dienone is 4. The zero-order chi connectivity index (χ0) is 18.0. The molecular formula is C22H40O2. The van der Waals surface area contributed by atoms with Gasteiger partial charge in [0, 0.05) is 6.42 Å². The summed E-state index contributed by atoms with van der Waals surface area (Å²) in [5.41, 5.74) is 1.40. The number of carboxylic acid groups (broad SMARTS) is 1. The minimum absolute atomic E-state index is 0.318. The summed E-state index contributed by atoms with van der Waals surface area (Å²) in [7, 11) is 0. The largest absolute Gasteiger partial charge is 0.481 e. The van der Waals surface area contributed by atoms with Crippen LogP contribution in [0.25, 0.3) is 0 Å². The number of carbonyl (C=O) groups is 1. The van der Waals surface area contributed by atoms with Crippen molar-refractivity contribution < 1.29 is 9.90 Å². The lowest BCUT2D eigenvalue weighted by Gasteiger charge is -2.07. The Morgan fingerprint density at radius 2 is 1.58 bits per heavy atom. The lowest BCUT2D eigenvalue weighted by molar-refractivity contribution is -0.138. The minimum Gasteiger partial charge on any atom is -0.481 e. The van der Waals surface area contributed by atoms with Gasteiger partial charge < -0.3 is 5.11 Å². The third kappa shape index (κ3) is 17.3. The van der Waals surface area contributed by atoms with Crippen molar-refractivity contribution in [2.24, 2.45) is 5.92 Å². The number of aliphatic carboxylic acids is 1. The highest BCUT2D eigenvalue weighted by molar-refractivity contribution is 5.66. The van der Waals surface area contributed by atoms with Crippen LogP contribution in [0.3, 0.4) is 0 Å². The Morgan fingerprint density at radius 1 is 0.958 bits per heavy atom. The molecule has 2 heteroatoms. The quantitative estimate of drug-likeness (QED) is 0.237. The first-order valence-corrected chi connectivity index (χ1v) is 10.1. The first-order valence-electron chi connectivity index (χ1n) is 10.1. The zero-order valence-electron chi connectivity index (χ0n) is 16.4. The maximum absolute atomic E-state index is 10.6. The van der Waals surface area contributed by atoms with E-state index in [0.717, 1.165) is 6.42 Å². The van der Waals surface area contributed by atoms with Crippen molar-refractivity contribution in [2.75, 3.05) is 0 Å². The molecule has 0 aliphatic heterocycles. The topological polar surface area (TPSA) is 37.3 Å². The lowest BCUT2D eigenvalue weighted by atomic mass is 9.99. The van der Waals surface area contributed by atoms with Crippen LogP contribution in [-0.4, -0.2) is 11.1 Å². The molecule has 0 fully saturated rings. The van der Waals surface area contributed by atoms with Crippen molar-refractivity contribution in [1.29, 1.82) is 0 Å². The Kier molecular flexibility index (Phi) is 16.1. The van der Waals surface area contributed by atoms with Crippen LogP contribution in [-0.2, 0) is 4.79 Å². The van der Waals surface area contributed by atoms with E-state index in [2.05, 4.69) is 32.1 Å². The molecule has 2 nitrogen and oxygen atoms in total. The number of rotatable bonds is 16. The molecule has 0 amide bonds. The van der Waals surface area contributed by atoms with Crippen LogP contribution in [0.4, 0.5) is 0 Å². The van der Waals surface area contributed by atoms with Gasteiger partial charge in [0.1, 0.15) is 0 Å². The van der Waals surface area contributed by atoms with E-state index in [1.807, 2.05) is 6.92 Å². The van der Waals surface area contributed by atoms with Crippen molar-refractivity contribution in [3.05, 3.63) is 23.8 Å². The monoisotopic (exact) mass is 336 g/mol. The van der Waals surface area contributed by atoms with Crippen LogP contribution in [0.2, 0.25) is 0 Å². The molecule has 0 radical (unpaired) electrons. The van der Waals surface area contributed by atoms with Crippen LogP contribution >= 0.6 is 0 Å². The second kappa shape index (κ2) is 16.8. The molecule has 1 N–H and O–H groups in total. The van der Waals surface area contributed by atoms with Crippen molar-refractivity contribution in [1.82, 2.24) is 0 Å². The normalized spacial score (nSPS) is 13.5. The van der Waals surface area contributed by atoms with Gasteiger partial charge in [-0.15, -0.1) is 0 Å². The van der Waals surface area contributed by atoms with Crippen molar-refractivity contribution in [3.8, 4) is 0 Å². The van der Waals surface area contributed by atoms with E-state index in [-0.39, 0.29) is 0 Å². The maximum atomic E-state index is 10.6. The summed E-state index contributed by atoms with van der Waals surface area (Å²) in [6, 6.07) is 0. The van der Waals surface area contributed by atoms with Gasteiger partial charge in [-0.1, -0.05) is 89.0 Å². The molecule has 0 bridgehead atoms. The van der Waals surface area contributed by atoms with E-state index >= 15 is 0 Å². The molecule has 0 aromatic heterocycles. The summed E-state index contributed by atoms with van der Waals surface area (Å²) in [6.45, 7) is 6.49. The van der Waals surface area contributed by atoms with Gasteiger partial charge >= 0.3 is 5.97 Å². The third-order valence-corrected chi connectivity index (χ3v) is 4.50. The molecule has 0 heterocycles. The molecular weight excluding hydrogens is 296 g/mol. The van der Waals surface area contributed by atoms with Crippen molar-refractivity contribution >= 4 is 5.97 Å². The molecule has 0 saturated heterocycles. The maximum Gasteiger partial charge on any atom is 0.303 e. The molecule has 1 unspecified atom stereocenters. The fourth-order valence-electron chi connectivity index (χ4n) is 2.92. The standard InChI is InChI=1S/C22H40O2/c1-4-5-6-13-16-20(2)17-14-11-9-7-8-10-12-15-18-21(3)19-22(23)24/h14,16-17,21H,4-13,15,18-19H2,1-3H3,(H,23,24). The first-order chi connectivity index (χ1) is 11.6. The smallest absolute Gasteiger partial charge is 0.303 e. The predicted octanol–water partition coefficient (Wildman–Crippen LogP) is 7.30. The Balaban J connectivity index is 3.41. The highest BCUT2D eigenvalue weighted by Crippen LogP contribution is 2.15. The number of unbranched alkanes of at least 4 members (excludes halogenated alkanes) is 9. The van der Waals surface area contributed by atoms with E-state index in [1.54, 1.807) is 0 Å². The number of hydrogen-bond acceptors (Lipinski definition) is 1. The molecule has 0 saturated carbocycles. The molecule has 24 heavy (non-hydrogen) atoms. The van der Waals surface area contributed by atoms with Gasteiger partial charge in [0.25, 0.3) is 0 Å². The Labute approximate surface area is 150 Å². The lowest BCUT2D eigenvalue weighted by Crippen LogP contribution is -2.03. The summed E-state index contributed by atoms with van der Waals surface area (Å²) in [5, 5.41) is 8.72. The molecule has 0 aliphatic rings. The molecule has 0 aromatic carbocycles. The average molecular weight is 337 g/mol. The second-order valence-corrected chi connectivity index (χ2v) is 7.25. The van der Waals surface area contributed by atoms with Crippen LogP contribution in [0.5, 0.6) is 0 Å². The highest BCUT2D eigenvalue weighted by Gasteiger charge is 2.06. The summed E-state index contributed by atoms with van der Waals surface area (Å²) < 4.78 is 0. The van der Waals surface area contributed by atoms with Gasteiger partial charge in [0.2, 0.25) is 0 Å². The van der Waals surface area contributed by atoms with Crippen LogP contribution in [0.1, 0.15) is 104 Å². The van der Waals surface area contributed by atoms with Crippen LogP contribution < -0.4 is 0 Å². The van der Waals surface area contributed by atoms with Crippen LogP contribution in [0.15, 0.2) is 23.8 Å². The van der Waals surface area contributed by atoms with Gasteiger partial charge in [-0.2, -0.15) is 0 Å². The van der Waals surface area contributed by atoms with Crippen molar-refractivity contribution in [3.63, 3.8) is 0 Å². The Hall–Kier alpha value is -1.05. The summed E-state index contributed by atoms with van der Waals surface area (Å²) in [6.07, 6.45) is 22.3. The van der Waals surface area contributed by atoms with Crippen molar-refractivity contribution in [2.45, 2.75) is 104 Å². The van der Waals surface area contributed by atoms with E-state index in [0.29, 0.717) is 12.3 Å². The van der Waals surface area contributed by atoms with Gasteiger partial charge in [-0.05, 0) is 38.5 Å². The molecule has 1 atom stereocenters. The first kappa shape index (κ1) is 22.9. The van der Waals surface area contributed by atoms with Gasteiger partial charge in [0.05, 0.1) is 0 Å². The third-order valence-electron chi connectivity index (χ3n) is 4.50. The number of carboxylic acids is 1. The van der Waals surface area contributed by atoms with Gasteiger partial charge in [-0.25, -0.2) is 0 Å². The second-order valence-electron chi connectivity index (χ2n) is 7.25. The SMILES string of the molecule is CCCCCC=C(C)C=CCCCCCCCCC(C)CC(=O)O. The fraction of sp³-hybridized carbons (Fsp3) is 0.773. The highest BCUT2D eigenvalue weighted by atomic mass is 16.4. The van der Waals surface area contributed by atoms with E-state index in [4.69, 9.17) is 5.11 Å². The molecule has 0 aliphatic carbocycles. The fourth-order valence-corrected chi connectivity index (χ4v) is 2.92. The van der Waals surface area contributed by atoms with E-state index in [9.17, 15) is 4.79 Å². The summed E-state index contributed by atoms with van der Waals surface area (Å²) >= 11 is 0. The molecule has 0 rings (SSSR count). The Morgan fingerprint density at radius 3 is 2.25 bits per heavy atom. The van der Waals surface area contributed by atoms with E-state index < -0.39 is 5.97 Å². The Bertz CT molecular complexity index is 355. The van der Waals surface area contributed by atoms with Gasteiger partial charge in [0.15, 0.2) is 0 Å². The predicted molar refractivity (Wildman–Crippen MR) is 105 cm³/mol. The summed E-state index contributed by atoms with van der Waals surface area (Å²) in [4.78, 5) is 10.6.